The third-order valence-corrected chi connectivity index (χ3v) is 4.38. The summed E-state index contributed by atoms with van der Waals surface area (Å²) >= 11 is -0.00513. The Bertz CT molecular complexity index is 961. The number of hydrogen-bond acceptors (Lipinski definition) is 5. The number of ether oxygens (including phenoxy) is 1. The molecule has 5 nitrogen and oxygen atoms in total. The second kappa shape index (κ2) is 8.36. The van der Waals surface area contributed by atoms with Crippen LogP contribution in [0.5, 0.6) is 0 Å². The molecule has 0 unspecified atom stereocenters. The van der Waals surface area contributed by atoms with Gasteiger partial charge in [-0.25, -0.2) is 9.78 Å². The molecule has 0 aliphatic rings. The number of nitrogens with one attached hydrogen (secondary N) is 1. The summed E-state index contributed by atoms with van der Waals surface area (Å²) < 4.78 is 121. The molecule has 1 aromatic heterocycles. The van der Waals surface area contributed by atoms with Crippen LogP contribution in [0.2, 0.25) is 0 Å². The molecule has 0 fully saturated rings. The molecule has 0 aliphatic heterocycles. The smallest absolute Gasteiger partial charge is 0.435 e. The van der Waals surface area contributed by atoms with E-state index in [0.29, 0.717) is 0 Å². The molecule has 0 bridgehead atoms. The fourth-order valence-electron chi connectivity index (χ4n) is 2.16. The van der Waals surface area contributed by atoms with Gasteiger partial charge in [-0.1, -0.05) is 11.3 Å². The fraction of sp³-hybridized carbons (Fsp3) is 0.312. The number of thiazole rings is 1. The molecule has 1 aromatic carbocycles. The van der Waals surface area contributed by atoms with Crippen molar-refractivity contribution < 1.29 is 53.8 Å². The van der Waals surface area contributed by atoms with Crippen molar-refractivity contribution in [2.45, 2.75) is 25.5 Å². The number of rotatable bonds is 4. The average Bonchev–Trinajstić information content (AvgIpc) is 3.04. The lowest BCUT2D eigenvalue weighted by atomic mass is 10.0. The van der Waals surface area contributed by atoms with E-state index in [1.807, 2.05) is 0 Å². The van der Waals surface area contributed by atoms with E-state index in [-0.39, 0.29) is 36.1 Å². The van der Waals surface area contributed by atoms with Gasteiger partial charge in [-0.15, -0.1) is 0 Å². The van der Waals surface area contributed by atoms with Gasteiger partial charge < -0.3 is 4.74 Å². The Balaban J connectivity index is 2.47. The van der Waals surface area contributed by atoms with E-state index < -0.39 is 62.8 Å². The van der Waals surface area contributed by atoms with Crippen LogP contribution >= 0.6 is 11.3 Å². The zero-order valence-corrected chi connectivity index (χ0v) is 15.7. The average molecular weight is 480 g/mol. The van der Waals surface area contributed by atoms with Crippen molar-refractivity contribution in [3.05, 3.63) is 45.5 Å². The van der Waals surface area contributed by atoms with Crippen molar-refractivity contribution in [3.63, 3.8) is 0 Å². The molecule has 0 saturated heterocycles. The summed E-state index contributed by atoms with van der Waals surface area (Å²) in [4.78, 5) is 25.8. The highest BCUT2D eigenvalue weighted by Crippen LogP contribution is 2.38. The molecule has 0 saturated carbocycles. The summed E-state index contributed by atoms with van der Waals surface area (Å²) in [7, 11) is 0. The molecule has 2 aromatic rings. The van der Waals surface area contributed by atoms with Crippen LogP contribution in [0.4, 0.5) is 44.6 Å². The quantitative estimate of drug-likeness (QED) is 0.455. The molecule has 0 spiro atoms. The van der Waals surface area contributed by atoms with Crippen LogP contribution in [0.3, 0.4) is 0 Å². The van der Waals surface area contributed by atoms with E-state index in [4.69, 9.17) is 0 Å². The number of carbonyl (C=O) groups excluding carboxylic acids is 2. The molecule has 31 heavy (non-hydrogen) atoms. The first-order valence-electron chi connectivity index (χ1n) is 7.90. The number of aromatic nitrogens is 1. The molecular weight excluding hydrogens is 471 g/mol. The van der Waals surface area contributed by atoms with Crippen LogP contribution in [0.15, 0.2) is 18.2 Å². The molecule has 1 heterocycles. The van der Waals surface area contributed by atoms with Crippen molar-refractivity contribution in [3.8, 4) is 0 Å². The number of amides is 1. The number of carbonyl (C=O) groups is 2. The first-order chi connectivity index (χ1) is 14.0. The van der Waals surface area contributed by atoms with Gasteiger partial charge in [0.15, 0.2) is 10.8 Å². The second-order valence-electron chi connectivity index (χ2n) is 5.66. The van der Waals surface area contributed by atoms with Crippen LogP contribution in [0.25, 0.3) is 0 Å². The molecule has 170 valence electrons. The molecule has 0 radical (unpaired) electrons. The summed E-state index contributed by atoms with van der Waals surface area (Å²) in [6.45, 7) is 1.01. The summed E-state index contributed by atoms with van der Waals surface area (Å²) in [5, 5.41) is 0.788. The fourth-order valence-corrected chi connectivity index (χ4v) is 3.03. The van der Waals surface area contributed by atoms with Crippen molar-refractivity contribution in [2.24, 2.45) is 0 Å². The highest BCUT2D eigenvalue weighted by Gasteiger charge is 2.41. The van der Waals surface area contributed by atoms with Crippen molar-refractivity contribution >= 4 is 28.3 Å². The number of halogens is 9. The molecular formula is C16H9F9N2O3S. The molecule has 0 atom stereocenters. The number of benzene rings is 1. The van der Waals surface area contributed by atoms with E-state index in [9.17, 15) is 49.1 Å². The number of nitrogens with zero attached hydrogens (tertiary/aromatic N) is 1. The SMILES string of the molecule is CCOC(=O)c1sc(NC(=O)c2cc(C(F)(F)F)cc(C(F)(F)F)c2)nc1C(F)(F)F. The molecule has 1 N–H and O–H groups in total. The third kappa shape index (κ3) is 5.86. The van der Waals surface area contributed by atoms with Crippen molar-refractivity contribution in [2.75, 3.05) is 11.9 Å². The minimum absolute atomic E-state index is 0.00513. The van der Waals surface area contributed by atoms with E-state index in [1.165, 1.54) is 6.92 Å². The highest BCUT2D eigenvalue weighted by molar-refractivity contribution is 7.17. The number of anilines is 1. The predicted molar refractivity (Wildman–Crippen MR) is 87.5 cm³/mol. The predicted octanol–water partition coefficient (Wildman–Crippen LogP) is 5.63. The van der Waals surface area contributed by atoms with Gasteiger partial charge in [0, 0.05) is 5.56 Å². The van der Waals surface area contributed by atoms with Crippen LogP contribution in [0, 0.1) is 0 Å². The van der Waals surface area contributed by atoms with Crippen LogP contribution < -0.4 is 5.32 Å². The standard InChI is InChI=1S/C16H9F9N2O3S/c1-2-30-12(29)9-10(16(23,24)25)26-13(31-9)27-11(28)6-3-7(14(17,18)19)5-8(4-6)15(20,21)22/h3-5H,2H2,1H3,(H,26,27,28). The summed E-state index contributed by atoms with van der Waals surface area (Å²) in [5.74, 6) is -3.03. The third-order valence-electron chi connectivity index (χ3n) is 3.43. The Kier molecular flexibility index (Phi) is 6.59. The second-order valence-corrected chi connectivity index (χ2v) is 6.66. The van der Waals surface area contributed by atoms with Crippen LogP contribution in [-0.4, -0.2) is 23.5 Å². The lowest BCUT2D eigenvalue weighted by molar-refractivity contribution is -0.143. The van der Waals surface area contributed by atoms with E-state index in [2.05, 4.69) is 9.72 Å². The maximum Gasteiger partial charge on any atom is 0.435 e. The Morgan fingerprint density at radius 3 is 1.87 bits per heavy atom. The minimum Gasteiger partial charge on any atom is -0.462 e. The monoisotopic (exact) mass is 480 g/mol. The summed E-state index contributed by atoms with van der Waals surface area (Å²) in [6.07, 6.45) is -15.6. The van der Waals surface area contributed by atoms with Gasteiger partial charge in [0.2, 0.25) is 0 Å². The van der Waals surface area contributed by atoms with E-state index >= 15 is 0 Å². The van der Waals surface area contributed by atoms with Gasteiger partial charge in [0.25, 0.3) is 5.91 Å². The Morgan fingerprint density at radius 1 is 0.935 bits per heavy atom. The lowest BCUT2D eigenvalue weighted by Gasteiger charge is -2.13. The number of hydrogen-bond donors (Lipinski definition) is 1. The van der Waals surface area contributed by atoms with Crippen molar-refractivity contribution in [1.82, 2.24) is 4.98 Å². The number of alkyl halides is 9. The largest absolute Gasteiger partial charge is 0.462 e. The molecule has 15 heteroatoms. The normalized spacial score (nSPS) is 12.6. The zero-order valence-electron chi connectivity index (χ0n) is 14.9. The summed E-state index contributed by atoms with van der Waals surface area (Å²) in [6, 6.07) is -0.0367. The zero-order chi connectivity index (χ0) is 23.8. The molecule has 2 rings (SSSR count). The summed E-state index contributed by atoms with van der Waals surface area (Å²) in [5.41, 5.74) is -6.46. The number of esters is 1. The Morgan fingerprint density at radius 2 is 1.45 bits per heavy atom. The highest BCUT2D eigenvalue weighted by atomic mass is 32.1. The van der Waals surface area contributed by atoms with Gasteiger partial charge in [-0.05, 0) is 25.1 Å². The first-order valence-corrected chi connectivity index (χ1v) is 8.71. The van der Waals surface area contributed by atoms with Crippen LogP contribution in [0.1, 0.15) is 43.8 Å². The first kappa shape index (κ1) is 24.4. The maximum absolute atomic E-state index is 13.1. The Labute approximate surface area is 170 Å². The van der Waals surface area contributed by atoms with E-state index in [1.54, 1.807) is 5.32 Å². The van der Waals surface area contributed by atoms with Gasteiger partial charge in [-0.3, -0.25) is 10.1 Å². The van der Waals surface area contributed by atoms with E-state index in [0.717, 1.165) is 0 Å². The Hall–Kier alpha value is -2.84. The lowest BCUT2D eigenvalue weighted by Crippen LogP contribution is -2.17. The maximum atomic E-state index is 13.1. The van der Waals surface area contributed by atoms with Gasteiger partial charge in [0.05, 0.1) is 17.7 Å². The van der Waals surface area contributed by atoms with Crippen molar-refractivity contribution in [1.29, 1.82) is 0 Å². The van der Waals surface area contributed by atoms with Gasteiger partial charge in [-0.2, -0.15) is 39.5 Å². The van der Waals surface area contributed by atoms with Gasteiger partial charge >= 0.3 is 24.5 Å². The van der Waals surface area contributed by atoms with Crippen LogP contribution in [-0.2, 0) is 23.3 Å². The minimum atomic E-state index is -5.24. The topological polar surface area (TPSA) is 68.3 Å². The molecule has 1 amide bonds. The van der Waals surface area contributed by atoms with Gasteiger partial charge in [0.1, 0.15) is 4.88 Å². The molecule has 0 aliphatic carbocycles.